The number of methoxy groups -OCH3 is 1. The molecule has 0 aliphatic rings. The van der Waals surface area contributed by atoms with Gasteiger partial charge in [0.2, 0.25) is 0 Å². The second kappa shape index (κ2) is 192. The smallest absolute Gasteiger partial charge is 0.312 e. The molecule has 0 saturated heterocycles. The monoisotopic (exact) mass is 2160 g/mol. The lowest BCUT2D eigenvalue weighted by Gasteiger charge is -2.14. The Balaban J connectivity index is -0.0000000397. The fourth-order valence-corrected chi connectivity index (χ4v) is 9.13. The summed E-state index contributed by atoms with van der Waals surface area (Å²) in [6.45, 7) is 115. The third-order valence-corrected chi connectivity index (χ3v) is 17.2. The Morgan fingerprint density at radius 2 is 0.745 bits per heavy atom. The van der Waals surface area contributed by atoms with Gasteiger partial charge in [0, 0.05) is 71.6 Å². The van der Waals surface area contributed by atoms with Crippen LogP contribution < -0.4 is 49.5 Å². The fraction of sp³-hybridized carbons (Fsp3) is 0.922. The van der Waals surface area contributed by atoms with Gasteiger partial charge in [0.15, 0.2) is 0 Å². The van der Waals surface area contributed by atoms with Crippen LogP contribution in [-0.4, -0.2) is 193 Å². The summed E-state index contributed by atoms with van der Waals surface area (Å²) >= 11 is 0. The number of unbranched alkanes of at least 4 members (excludes halogenated alkanes) is 1. The Morgan fingerprint density at radius 3 is 0.866 bits per heavy atom. The van der Waals surface area contributed by atoms with Crippen LogP contribution in [0.15, 0.2) is 12.7 Å². The minimum absolute atomic E-state index is 0. The van der Waals surface area contributed by atoms with Crippen LogP contribution in [0.1, 0.15) is 538 Å². The number of rotatable bonds is 51. The fourth-order valence-electron chi connectivity index (χ4n) is 9.13. The van der Waals surface area contributed by atoms with Gasteiger partial charge in [-0.25, -0.2) is 4.79 Å². The number of ketones is 1. The molecule has 20 nitrogen and oxygen atoms in total. The van der Waals surface area contributed by atoms with Crippen molar-refractivity contribution >= 4 is 24.1 Å². The number of carbonyl (C=O) groups excluding carboxylic acids is 3. The molecular weight excluding hydrogens is 1850 g/mol. The van der Waals surface area contributed by atoms with Crippen LogP contribution in [-0.2, 0) is 19.1 Å². The van der Waals surface area contributed by atoms with Gasteiger partial charge in [-0.1, -0.05) is 409 Å². The van der Waals surface area contributed by atoms with Crippen LogP contribution >= 0.6 is 0 Å². The molecule has 0 rings (SSSR count). The normalized spacial score (nSPS) is 9.77. The molecule has 2 amide bonds. The first kappa shape index (κ1) is 220. The number of carboxylic acids is 1. The predicted octanol–water partition coefficient (Wildman–Crippen LogP) is 34.3. The van der Waals surface area contributed by atoms with Crippen molar-refractivity contribution in [3.63, 3.8) is 0 Å². The summed E-state index contributed by atoms with van der Waals surface area (Å²) in [4.78, 5) is 42.2. The maximum absolute atomic E-state index is 10.5. The number of allylic oxidation sites excluding steroid dienone is 1. The highest BCUT2D eigenvalue weighted by Gasteiger charge is 2.12. The Kier molecular flexibility index (Phi) is 283. The summed E-state index contributed by atoms with van der Waals surface area (Å²) < 4.78 is 4.86. The first-order chi connectivity index (χ1) is 65.0. The highest BCUT2D eigenvalue weighted by Crippen LogP contribution is 2.18. The second-order valence-electron chi connectivity index (χ2n) is 45.7. The zero-order valence-electron chi connectivity index (χ0n) is 105. The molecule has 1 atom stereocenters. The van der Waals surface area contributed by atoms with Crippen molar-refractivity contribution in [3.8, 4) is 24.7 Å². The van der Waals surface area contributed by atoms with E-state index in [0.29, 0.717) is 74.7 Å². The standard InChI is InChI=1S/C8H19N.C7H17NO.2C7H17N.C7H14O.C6H14N2O.C6H15N.C6H14O2.2C6H14O.2C6H14.C6H12.2C6H10.3C5H13N.C5H10O2.C5H10O.8CH4/c1-7(2)5-6-9-8(3)4;1-3-4-5-8-6-7-9-2;1-7(2)5-6-8(3)4;1-4-8-6-5-7(2)3;1-6(8)5-7(2,3)4;1-5(2)3-4-8-6(7)9;1-6(2)4-5-7-3;1-5(2)3-6(8)4-7;2*1-6(2)4-3-5-7;5*1-4-5-6(2)3;3*1-5(2)3-4-6;1-4(2)3-5(6)7;1-5(2)3-4-6;;;;;;;;/h7-9H,5-6H2,1-4H3;8H,3-7H2,1-2H3;7H,5-6H2,1-4H3;7-8H,4-6H2,1-3H3;5H2,1-4H3;5H,3-4H2,1-2H3,(H3,7,8,9);6-7H,4-5H2,1-3H3;5-8H,3-4H2,1-2H3;2*6-7H,3-5H2,1-2H3;2*6H,4-5H2,1-3H3;4,6H,1,5H2,2-3H3;2*1,6H,5H2,2-3H3;3*5H,3-4,6H2,1-2H3;4H,3H2,1-2H3,(H,6,7);4-5H,3H2,1-2H3;8*1H4/t;;;;;;;6-;;;;;;;;;;;;;;;;;;;;/m.......0..................../s1. The van der Waals surface area contributed by atoms with Gasteiger partial charge < -0.3 is 94.3 Å². The first-order valence-electron chi connectivity index (χ1n) is 56.2. The molecule has 0 aromatic carbocycles. The number of urea groups is 1. The SMILES string of the molecule is C.C.C.C.C.C.C.C.C#CCC(C)C.C#CCC(C)C.C=CCC(C)C.CC(=O)CC(C)(C)C.CC(C)CC(=O)O.CC(C)CC=O.CC(C)CCCO.CC(C)CCCO.CC(C)CCN.CC(C)CCN.CC(C)CCN.CC(C)CCN(C)C.CC(C)CCNC(C)C.CC(C)CCNC(N)=O.CC(C)C[C@H](O)CO.CCCC(C)C.CCCC(C)C.CCCCNCCOC.CCNCCC(C)C.CNCCC(C)C. The van der Waals surface area contributed by atoms with Gasteiger partial charge in [0.05, 0.1) is 19.3 Å². The number of nitrogens with one attached hydrogen (secondary N) is 5. The van der Waals surface area contributed by atoms with Gasteiger partial charge in [-0.3, -0.25) is 4.79 Å². The topological polar surface area (TPSA) is 346 Å². The largest absolute Gasteiger partial charge is 0.481 e. The number of aliphatic hydroxyl groups excluding tert-OH is 4. The molecule has 149 heavy (non-hydrogen) atoms. The molecule has 0 spiro atoms. The summed E-state index contributed by atoms with van der Waals surface area (Å²) in [5.41, 5.74) is 20.7. The van der Waals surface area contributed by atoms with Gasteiger partial charge in [0.25, 0.3) is 0 Å². The molecule has 0 fully saturated rings. The number of hydrogen-bond donors (Lipinski definition) is 14. The number of hydrogen-bond acceptors (Lipinski definition) is 17. The van der Waals surface area contributed by atoms with E-state index in [4.69, 9.17) is 66.1 Å². The minimum atomic E-state index is -0.713. The number of nitrogens with two attached hydrogens (primary N) is 4. The molecule has 0 heterocycles. The van der Waals surface area contributed by atoms with Crippen LogP contribution in [0.2, 0.25) is 0 Å². The van der Waals surface area contributed by atoms with E-state index in [1.165, 1.54) is 77.3 Å². The van der Waals surface area contributed by atoms with Crippen LogP contribution in [0.4, 0.5) is 4.79 Å². The first-order valence-corrected chi connectivity index (χ1v) is 56.2. The maximum Gasteiger partial charge on any atom is 0.312 e. The van der Waals surface area contributed by atoms with E-state index in [1.807, 2.05) is 54.7 Å². The minimum Gasteiger partial charge on any atom is -0.481 e. The summed E-state index contributed by atoms with van der Waals surface area (Å²) in [7, 11) is 7.94. The molecule has 20 heteroatoms. The van der Waals surface area contributed by atoms with Gasteiger partial charge in [-0.15, -0.1) is 31.3 Å². The number of carboxylic acid groups (broad SMARTS) is 1. The molecule has 0 aromatic rings. The molecular formula is C129H306N10O10. The predicted molar refractivity (Wildman–Crippen MR) is 696 cm³/mol. The van der Waals surface area contributed by atoms with Gasteiger partial charge >= 0.3 is 12.0 Å². The summed E-state index contributed by atoms with van der Waals surface area (Å²) in [6.07, 6.45) is 39.4. The number of primary amides is 1. The van der Waals surface area contributed by atoms with E-state index in [1.54, 1.807) is 14.0 Å². The number of amides is 2. The Hall–Kier alpha value is -3.58. The summed E-state index contributed by atoms with van der Waals surface area (Å²) in [5.74, 6) is 17.7. The van der Waals surface area contributed by atoms with E-state index in [0.717, 1.165) is 207 Å². The zero-order chi connectivity index (χ0) is 116. The van der Waals surface area contributed by atoms with Crippen molar-refractivity contribution in [3.05, 3.63) is 12.7 Å². The van der Waals surface area contributed by atoms with Crippen molar-refractivity contribution in [2.24, 2.45) is 135 Å². The third-order valence-electron chi connectivity index (χ3n) is 17.2. The lowest BCUT2D eigenvalue weighted by molar-refractivity contribution is -0.137. The molecule has 0 aliphatic heterocycles. The maximum atomic E-state index is 10.5. The van der Waals surface area contributed by atoms with E-state index in [-0.39, 0.29) is 89.6 Å². The lowest BCUT2D eigenvalue weighted by Crippen LogP contribution is -2.30. The van der Waals surface area contributed by atoms with Crippen LogP contribution in [0.5, 0.6) is 0 Å². The molecule has 0 radical (unpaired) electrons. The van der Waals surface area contributed by atoms with Crippen LogP contribution in [0.25, 0.3) is 0 Å². The molecule has 0 aromatic heterocycles. The molecule has 0 bridgehead atoms. The number of Topliss-reactive ketones (excluding diaryl/α,β-unsaturated/α-hetero) is 1. The summed E-state index contributed by atoms with van der Waals surface area (Å²) in [6, 6.07) is 0.208. The molecule has 18 N–H and O–H groups in total. The number of terminal acetylenes is 2. The molecule has 932 valence electrons. The zero-order valence-corrected chi connectivity index (χ0v) is 105. The number of aliphatic carboxylic acids is 1. The number of aliphatic hydroxyl groups is 4. The Bertz CT molecular complexity index is 2060. The Labute approximate surface area is 949 Å². The van der Waals surface area contributed by atoms with Crippen molar-refractivity contribution in [1.82, 2.24) is 31.5 Å². The average Bonchev–Trinajstić information content (AvgIpc) is 0.971. The number of ether oxygens (including phenoxy) is 1. The average molecular weight is 2160 g/mol. The third kappa shape index (κ3) is 476. The summed E-state index contributed by atoms with van der Waals surface area (Å²) in [5, 5.41) is 57.4. The highest BCUT2D eigenvalue weighted by atomic mass is 16.5. The van der Waals surface area contributed by atoms with E-state index >= 15 is 0 Å². The van der Waals surface area contributed by atoms with Crippen LogP contribution in [0.3, 0.4) is 0 Å². The van der Waals surface area contributed by atoms with Gasteiger partial charge in [-0.2, -0.15) is 0 Å². The Morgan fingerprint density at radius 1 is 0.423 bits per heavy atom. The van der Waals surface area contributed by atoms with Crippen molar-refractivity contribution < 1.29 is 49.4 Å². The number of aldehydes is 1. The quantitative estimate of drug-likeness (QED) is 0.0116. The molecule has 0 unspecified atom stereocenters. The molecule has 0 saturated carbocycles. The van der Waals surface area contributed by atoms with Crippen molar-refractivity contribution in [1.29, 1.82) is 0 Å². The molecule has 0 aliphatic carbocycles. The van der Waals surface area contributed by atoms with Gasteiger partial charge in [0.1, 0.15) is 12.1 Å². The lowest BCUT2D eigenvalue weighted by atomic mass is 9.91. The van der Waals surface area contributed by atoms with Gasteiger partial charge in [-0.05, 0) is 295 Å². The highest BCUT2D eigenvalue weighted by molar-refractivity contribution is 5.76. The van der Waals surface area contributed by atoms with E-state index in [9.17, 15) is 19.2 Å². The van der Waals surface area contributed by atoms with Crippen molar-refractivity contribution in [2.45, 2.75) is 551 Å². The second-order valence-corrected chi connectivity index (χ2v) is 45.7. The van der Waals surface area contributed by atoms with Crippen molar-refractivity contribution in [2.75, 3.05) is 127 Å². The number of carbonyl (C=O) groups is 4. The number of nitrogens with zero attached hydrogens (tertiary/aromatic N) is 1. The van der Waals surface area contributed by atoms with Crippen LogP contribution in [0, 0.1) is 137 Å². The van der Waals surface area contributed by atoms with E-state index in [2.05, 4.69) is 334 Å². The van der Waals surface area contributed by atoms with E-state index < -0.39 is 18.1 Å².